The van der Waals surface area contributed by atoms with Gasteiger partial charge in [-0.05, 0) is 49.3 Å². The average molecular weight is 372 g/mol. The molecular formula is C20H24N2O3S. The van der Waals surface area contributed by atoms with Gasteiger partial charge in [-0.15, -0.1) is 11.3 Å². The molecule has 1 fully saturated rings. The summed E-state index contributed by atoms with van der Waals surface area (Å²) in [6.45, 7) is 7.34. The number of piperidine rings is 1. The lowest BCUT2D eigenvalue weighted by atomic mass is 9.82. The van der Waals surface area contributed by atoms with Crippen LogP contribution in [0.1, 0.15) is 62.3 Å². The molecule has 0 aliphatic carbocycles. The van der Waals surface area contributed by atoms with Gasteiger partial charge in [-0.3, -0.25) is 9.59 Å². The molecule has 4 heterocycles. The number of Topliss-reactive ketones (excluding diaryl/α,β-unsaturated/α-hetero) is 1. The second-order valence-electron chi connectivity index (χ2n) is 7.32. The normalized spacial score (nSPS) is 18.8. The third-order valence-corrected chi connectivity index (χ3v) is 6.79. The lowest BCUT2D eigenvalue weighted by molar-refractivity contribution is -0.0926. The number of hydrogen-bond donors (Lipinski definition) is 1. The first-order valence-corrected chi connectivity index (χ1v) is 10.0. The van der Waals surface area contributed by atoms with Crippen molar-refractivity contribution >= 4 is 23.0 Å². The van der Waals surface area contributed by atoms with Gasteiger partial charge in [-0.25, -0.2) is 0 Å². The van der Waals surface area contributed by atoms with Crippen LogP contribution >= 0.6 is 11.3 Å². The molecular weight excluding hydrogens is 348 g/mol. The third kappa shape index (κ3) is 2.63. The highest BCUT2D eigenvalue weighted by Gasteiger charge is 2.42. The topological polar surface area (TPSA) is 62.4 Å². The van der Waals surface area contributed by atoms with E-state index in [-0.39, 0.29) is 17.3 Å². The van der Waals surface area contributed by atoms with Gasteiger partial charge in [-0.2, -0.15) is 0 Å². The first-order chi connectivity index (χ1) is 12.4. The van der Waals surface area contributed by atoms with Gasteiger partial charge in [0.05, 0.1) is 23.5 Å². The Morgan fingerprint density at radius 3 is 2.65 bits per heavy atom. The van der Waals surface area contributed by atoms with Crippen LogP contribution in [0.4, 0.5) is 0 Å². The first kappa shape index (κ1) is 17.5. The Morgan fingerprint density at radius 1 is 1.27 bits per heavy atom. The second-order valence-corrected chi connectivity index (χ2v) is 8.32. The summed E-state index contributed by atoms with van der Waals surface area (Å²) >= 11 is 1.81. The molecule has 0 atom stereocenters. The van der Waals surface area contributed by atoms with Crippen LogP contribution in [0, 0.1) is 13.8 Å². The highest BCUT2D eigenvalue weighted by molar-refractivity contribution is 7.10. The molecule has 0 unspecified atom stereocenters. The number of thiophene rings is 1. The summed E-state index contributed by atoms with van der Waals surface area (Å²) in [6.07, 6.45) is 2.64. The zero-order valence-corrected chi connectivity index (χ0v) is 16.3. The van der Waals surface area contributed by atoms with Crippen molar-refractivity contribution in [2.75, 3.05) is 19.7 Å². The van der Waals surface area contributed by atoms with Crippen molar-refractivity contribution in [3.63, 3.8) is 0 Å². The number of amides is 1. The van der Waals surface area contributed by atoms with Crippen molar-refractivity contribution in [3.8, 4) is 0 Å². The zero-order chi connectivity index (χ0) is 18.5. The average Bonchev–Trinajstić information content (AvgIpc) is 3.21. The van der Waals surface area contributed by atoms with Gasteiger partial charge in [0.2, 0.25) is 0 Å². The van der Waals surface area contributed by atoms with Crippen molar-refractivity contribution in [1.29, 1.82) is 0 Å². The SMILES string of the molecule is CC(=O)c1[nH]c(C)c(C(=O)N2CCC3(CC2)OCCc2sccc23)c1C. The number of aromatic nitrogens is 1. The minimum absolute atomic E-state index is 0.0138. The van der Waals surface area contributed by atoms with Gasteiger partial charge in [0.15, 0.2) is 5.78 Å². The molecule has 0 aromatic carbocycles. The predicted molar refractivity (Wildman–Crippen MR) is 101 cm³/mol. The van der Waals surface area contributed by atoms with Crippen LogP contribution in [0.5, 0.6) is 0 Å². The molecule has 6 heteroatoms. The smallest absolute Gasteiger partial charge is 0.255 e. The first-order valence-electron chi connectivity index (χ1n) is 9.13. The molecule has 26 heavy (non-hydrogen) atoms. The molecule has 4 rings (SSSR count). The number of aryl methyl sites for hydroxylation is 1. The molecule has 2 aliphatic heterocycles. The van der Waals surface area contributed by atoms with Gasteiger partial charge < -0.3 is 14.6 Å². The van der Waals surface area contributed by atoms with Crippen LogP contribution in [0.2, 0.25) is 0 Å². The van der Waals surface area contributed by atoms with E-state index < -0.39 is 0 Å². The highest BCUT2D eigenvalue weighted by atomic mass is 32.1. The molecule has 1 spiro atoms. The maximum atomic E-state index is 13.1. The molecule has 1 saturated heterocycles. The number of rotatable bonds is 2. The maximum Gasteiger partial charge on any atom is 0.255 e. The van der Waals surface area contributed by atoms with Crippen molar-refractivity contribution in [2.24, 2.45) is 0 Å². The summed E-state index contributed by atoms with van der Waals surface area (Å²) < 4.78 is 6.23. The van der Waals surface area contributed by atoms with E-state index in [4.69, 9.17) is 4.74 Å². The maximum absolute atomic E-state index is 13.1. The number of aromatic amines is 1. The standard InChI is InChI=1S/C20H24N2O3S/c1-12-17(13(2)21-18(12)14(3)23)19(24)22-8-6-20(7-9-22)15-5-11-26-16(15)4-10-25-20/h5,11,21H,4,6-10H2,1-3H3. The van der Waals surface area contributed by atoms with Crippen LogP contribution in [-0.2, 0) is 16.8 Å². The highest BCUT2D eigenvalue weighted by Crippen LogP contribution is 2.43. The number of fused-ring (bicyclic) bond motifs is 2. The van der Waals surface area contributed by atoms with E-state index in [1.54, 1.807) is 0 Å². The van der Waals surface area contributed by atoms with Crippen molar-refractivity contribution in [3.05, 3.63) is 44.4 Å². The van der Waals surface area contributed by atoms with E-state index in [0.717, 1.165) is 37.1 Å². The quantitative estimate of drug-likeness (QED) is 0.820. The zero-order valence-electron chi connectivity index (χ0n) is 15.5. The van der Waals surface area contributed by atoms with Crippen molar-refractivity contribution < 1.29 is 14.3 Å². The van der Waals surface area contributed by atoms with Crippen LogP contribution in [-0.4, -0.2) is 41.3 Å². The Kier molecular flexibility index (Phi) is 4.28. The number of carbonyl (C=O) groups is 2. The fourth-order valence-corrected chi connectivity index (χ4v) is 5.37. The van der Waals surface area contributed by atoms with Gasteiger partial charge in [0, 0.05) is 37.0 Å². The number of ketones is 1. The molecule has 0 bridgehead atoms. The van der Waals surface area contributed by atoms with Gasteiger partial charge in [0.25, 0.3) is 5.91 Å². The molecule has 0 radical (unpaired) electrons. The number of ether oxygens (including phenoxy) is 1. The lowest BCUT2D eigenvalue weighted by Crippen LogP contribution is -2.48. The summed E-state index contributed by atoms with van der Waals surface area (Å²) in [5, 5.41) is 2.15. The van der Waals surface area contributed by atoms with E-state index >= 15 is 0 Å². The lowest BCUT2D eigenvalue weighted by Gasteiger charge is -2.44. The second kappa shape index (κ2) is 6.35. The molecule has 2 aliphatic rings. The fourth-order valence-electron chi connectivity index (χ4n) is 4.42. The largest absolute Gasteiger partial charge is 0.370 e. The van der Waals surface area contributed by atoms with Crippen LogP contribution < -0.4 is 0 Å². The van der Waals surface area contributed by atoms with Crippen molar-refractivity contribution in [2.45, 2.75) is 45.6 Å². The van der Waals surface area contributed by atoms with E-state index in [0.29, 0.717) is 24.3 Å². The molecule has 5 nitrogen and oxygen atoms in total. The van der Waals surface area contributed by atoms with Gasteiger partial charge in [-0.1, -0.05) is 0 Å². The summed E-state index contributed by atoms with van der Waals surface area (Å²) in [5.74, 6) is -0.0252. The van der Waals surface area contributed by atoms with Gasteiger partial charge >= 0.3 is 0 Å². The number of likely N-dealkylation sites (tertiary alicyclic amines) is 1. The number of carbonyl (C=O) groups excluding carboxylic acids is 2. The summed E-state index contributed by atoms with van der Waals surface area (Å²) in [5.41, 5.74) is 3.82. The summed E-state index contributed by atoms with van der Waals surface area (Å²) in [7, 11) is 0. The Bertz CT molecular complexity index is 872. The number of hydrogen-bond acceptors (Lipinski definition) is 4. The van der Waals surface area contributed by atoms with Crippen LogP contribution in [0.25, 0.3) is 0 Å². The fraction of sp³-hybridized carbons (Fsp3) is 0.500. The van der Waals surface area contributed by atoms with E-state index in [2.05, 4.69) is 16.4 Å². The van der Waals surface area contributed by atoms with E-state index in [9.17, 15) is 9.59 Å². The van der Waals surface area contributed by atoms with E-state index in [1.165, 1.54) is 17.4 Å². The Hall–Kier alpha value is -1.92. The summed E-state index contributed by atoms with van der Waals surface area (Å²) in [4.78, 5) is 31.3. The minimum atomic E-state index is -0.225. The molecule has 1 N–H and O–H groups in total. The Labute approximate surface area is 157 Å². The summed E-state index contributed by atoms with van der Waals surface area (Å²) in [6, 6.07) is 2.19. The Balaban J connectivity index is 1.55. The number of H-pyrrole nitrogens is 1. The predicted octanol–water partition coefficient (Wildman–Crippen LogP) is 3.60. The van der Waals surface area contributed by atoms with E-state index in [1.807, 2.05) is 30.1 Å². The molecule has 0 saturated carbocycles. The minimum Gasteiger partial charge on any atom is -0.370 e. The number of nitrogens with one attached hydrogen (secondary N) is 1. The Morgan fingerprint density at radius 2 is 2.00 bits per heavy atom. The van der Waals surface area contributed by atoms with Crippen LogP contribution in [0.15, 0.2) is 11.4 Å². The van der Waals surface area contributed by atoms with Crippen molar-refractivity contribution in [1.82, 2.24) is 9.88 Å². The molecule has 2 aromatic heterocycles. The molecule has 1 amide bonds. The monoisotopic (exact) mass is 372 g/mol. The third-order valence-electron chi connectivity index (χ3n) is 5.81. The van der Waals surface area contributed by atoms with Gasteiger partial charge in [0.1, 0.15) is 0 Å². The van der Waals surface area contributed by atoms with Crippen LogP contribution in [0.3, 0.4) is 0 Å². The molecule has 2 aromatic rings. The number of nitrogens with zero attached hydrogens (tertiary/aromatic N) is 1. The molecule has 138 valence electrons.